The quantitative estimate of drug-likeness (QED) is 0.926. The lowest BCUT2D eigenvalue weighted by molar-refractivity contribution is 0.104. The van der Waals surface area contributed by atoms with Gasteiger partial charge >= 0.3 is 0 Å². The number of hydrogen-bond donors (Lipinski definition) is 1. The zero-order valence-electron chi connectivity index (χ0n) is 13.3. The van der Waals surface area contributed by atoms with Gasteiger partial charge in [0.25, 0.3) is 0 Å². The predicted octanol–water partition coefficient (Wildman–Crippen LogP) is 2.29. The van der Waals surface area contributed by atoms with Crippen molar-refractivity contribution in [2.75, 3.05) is 39.8 Å². The Hall–Kier alpha value is -0.900. The SMILES string of the molecule is CN1CCCC(CN)(N2CCC(c3ccccc3)C2)CC1. The molecule has 2 aliphatic heterocycles. The third-order valence-corrected chi connectivity index (χ3v) is 5.65. The minimum absolute atomic E-state index is 0.244. The fourth-order valence-electron chi connectivity index (χ4n) is 4.15. The first-order valence-corrected chi connectivity index (χ1v) is 8.42. The summed E-state index contributed by atoms with van der Waals surface area (Å²) >= 11 is 0. The Morgan fingerprint density at radius 3 is 2.71 bits per heavy atom. The molecule has 2 N–H and O–H groups in total. The van der Waals surface area contributed by atoms with Crippen molar-refractivity contribution in [1.82, 2.24) is 9.80 Å². The Kier molecular flexibility index (Phi) is 4.63. The van der Waals surface area contributed by atoms with Crippen molar-refractivity contribution in [1.29, 1.82) is 0 Å². The third kappa shape index (κ3) is 3.15. The maximum Gasteiger partial charge on any atom is 0.0344 e. The first-order chi connectivity index (χ1) is 10.2. The summed E-state index contributed by atoms with van der Waals surface area (Å²) in [6.07, 6.45) is 5.04. The van der Waals surface area contributed by atoms with Gasteiger partial charge in [0.1, 0.15) is 0 Å². The van der Waals surface area contributed by atoms with Gasteiger partial charge in [0.2, 0.25) is 0 Å². The molecule has 116 valence electrons. The fourth-order valence-corrected chi connectivity index (χ4v) is 4.15. The Morgan fingerprint density at radius 1 is 1.14 bits per heavy atom. The molecule has 0 spiro atoms. The molecular formula is C18H29N3. The van der Waals surface area contributed by atoms with Crippen LogP contribution in [0.4, 0.5) is 0 Å². The molecule has 3 rings (SSSR count). The van der Waals surface area contributed by atoms with Crippen LogP contribution in [0.5, 0.6) is 0 Å². The van der Waals surface area contributed by atoms with E-state index in [1.165, 1.54) is 57.4 Å². The highest BCUT2D eigenvalue weighted by Gasteiger charge is 2.40. The molecule has 2 aliphatic rings. The molecule has 2 fully saturated rings. The van der Waals surface area contributed by atoms with Gasteiger partial charge < -0.3 is 10.6 Å². The summed E-state index contributed by atoms with van der Waals surface area (Å²) in [4.78, 5) is 5.17. The number of likely N-dealkylation sites (tertiary alicyclic amines) is 2. The molecule has 3 nitrogen and oxygen atoms in total. The van der Waals surface area contributed by atoms with E-state index in [1.807, 2.05) is 0 Å². The maximum absolute atomic E-state index is 6.26. The number of hydrogen-bond acceptors (Lipinski definition) is 3. The average molecular weight is 287 g/mol. The van der Waals surface area contributed by atoms with Crippen LogP contribution in [0.2, 0.25) is 0 Å². The summed E-state index contributed by atoms with van der Waals surface area (Å²) < 4.78 is 0. The summed E-state index contributed by atoms with van der Waals surface area (Å²) in [5, 5.41) is 0. The summed E-state index contributed by atoms with van der Waals surface area (Å²) in [5.74, 6) is 0.690. The van der Waals surface area contributed by atoms with Crippen molar-refractivity contribution in [2.24, 2.45) is 5.73 Å². The predicted molar refractivity (Wildman–Crippen MR) is 88.5 cm³/mol. The smallest absolute Gasteiger partial charge is 0.0344 e. The average Bonchev–Trinajstić information content (AvgIpc) is 2.94. The molecule has 1 aromatic rings. The highest BCUT2D eigenvalue weighted by molar-refractivity contribution is 5.21. The van der Waals surface area contributed by atoms with E-state index in [9.17, 15) is 0 Å². The first-order valence-electron chi connectivity index (χ1n) is 8.42. The van der Waals surface area contributed by atoms with Crippen LogP contribution in [-0.2, 0) is 0 Å². The number of nitrogens with two attached hydrogens (primary N) is 1. The van der Waals surface area contributed by atoms with Gasteiger partial charge in [-0.2, -0.15) is 0 Å². The molecule has 0 aromatic heterocycles. The molecule has 0 bridgehead atoms. The maximum atomic E-state index is 6.26. The Morgan fingerprint density at radius 2 is 1.95 bits per heavy atom. The van der Waals surface area contributed by atoms with Gasteiger partial charge in [-0.05, 0) is 63.8 Å². The lowest BCUT2D eigenvalue weighted by Crippen LogP contribution is -2.53. The number of benzene rings is 1. The van der Waals surface area contributed by atoms with Crippen LogP contribution in [0.3, 0.4) is 0 Å². The van der Waals surface area contributed by atoms with Crippen LogP contribution in [-0.4, -0.2) is 55.1 Å². The van der Waals surface area contributed by atoms with Gasteiger partial charge in [-0.15, -0.1) is 0 Å². The summed E-state index contributed by atoms with van der Waals surface area (Å²) in [6, 6.07) is 11.0. The summed E-state index contributed by atoms with van der Waals surface area (Å²) in [5.41, 5.74) is 8.00. The van der Waals surface area contributed by atoms with Crippen LogP contribution in [0.15, 0.2) is 30.3 Å². The molecule has 21 heavy (non-hydrogen) atoms. The molecule has 3 heteroatoms. The minimum Gasteiger partial charge on any atom is -0.329 e. The number of rotatable bonds is 3. The van der Waals surface area contributed by atoms with E-state index in [0.717, 1.165) is 6.54 Å². The van der Waals surface area contributed by atoms with Gasteiger partial charge in [0.15, 0.2) is 0 Å². The molecule has 1 aromatic carbocycles. The fraction of sp³-hybridized carbons (Fsp3) is 0.667. The zero-order chi connectivity index (χ0) is 14.7. The van der Waals surface area contributed by atoms with Crippen molar-refractivity contribution in [3.8, 4) is 0 Å². The van der Waals surface area contributed by atoms with Crippen molar-refractivity contribution in [3.63, 3.8) is 0 Å². The molecule has 0 radical (unpaired) electrons. The summed E-state index contributed by atoms with van der Waals surface area (Å²) in [7, 11) is 2.24. The van der Waals surface area contributed by atoms with E-state index in [4.69, 9.17) is 5.73 Å². The van der Waals surface area contributed by atoms with E-state index in [2.05, 4.69) is 47.2 Å². The van der Waals surface area contributed by atoms with Crippen LogP contribution in [0.25, 0.3) is 0 Å². The molecule has 2 heterocycles. The topological polar surface area (TPSA) is 32.5 Å². The van der Waals surface area contributed by atoms with Crippen molar-refractivity contribution >= 4 is 0 Å². The lowest BCUT2D eigenvalue weighted by Gasteiger charge is -2.41. The largest absolute Gasteiger partial charge is 0.329 e. The van der Waals surface area contributed by atoms with E-state index >= 15 is 0 Å². The van der Waals surface area contributed by atoms with E-state index in [1.54, 1.807) is 0 Å². The second-order valence-corrected chi connectivity index (χ2v) is 6.93. The highest BCUT2D eigenvalue weighted by atomic mass is 15.2. The molecule has 0 saturated carbocycles. The zero-order valence-corrected chi connectivity index (χ0v) is 13.3. The Bertz CT molecular complexity index is 447. The van der Waals surface area contributed by atoms with Crippen molar-refractivity contribution in [2.45, 2.75) is 37.1 Å². The van der Waals surface area contributed by atoms with Gasteiger partial charge in [0.05, 0.1) is 0 Å². The lowest BCUT2D eigenvalue weighted by atomic mass is 9.88. The summed E-state index contributed by atoms with van der Waals surface area (Å²) in [6.45, 7) is 5.61. The van der Waals surface area contributed by atoms with Crippen LogP contribution in [0.1, 0.15) is 37.2 Å². The Balaban J connectivity index is 1.71. The molecule has 2 unspecified atom stereocenters. The highest BCUT2D eigenvalue weighted by Crippen LogP contribution is 2.36. The molecule has 2 saturated heterocycles. The first kappa shape index (κ1) is 15.0. The van der Waals surface area contributed by atoms with Gasteiger partial charge in [-0.25, -0.2) is 0 Å². The standard InChI is InChI=1S/C18H29N3/c1-20-11-5-9-18(15-19,10-13-20)21-12-8-17(14-21)16-6-3-2-4-7-16/h2-4,6-7,17H,5,8-15,19H2,1H3. The molecule has 0 aliphatic carbocycles. The normalized spacial score (nSPS) is 32.2. The van der Waals surface area contributed by atoms with Gasteiger partial charge in [0, 0.05) is 18.6 Å². The van der Waals surface area contributed by atoms with E-state index < -0.39 is 0 Å². The van der Waals surface area contributed by atoms with Crippen molar-refractivity contribution in [3.05, 3.63) is 35.9 Å². The van der Waals surface area contributed by atoms with E-state index in [0.29, 0.717) is 5.92 Å². The van der Waals surface area contributed by atoms with E-state index in [-0.39, 0.29) is 5.54 Å². The van der Waals surface area contributed by atoms with Gasteiger partial charge in [-0.3, -0.25) is 4.90 Å². The molecule has 0 amide bonds. The third-order valence-electron chi connectivity index (χ3n) is 5.65. The van der Waals surface area contributed by atoms with Crippen molar-refractivity contribution < 1.29 is 0 Å². The molecular weight excluding hydrogens is 258 g/mol. The van der Waals surface area contributed by atoms with Crippen LogP contribution < -0.4 is 5.73 Å². The van der Waals surface area contributed by atoms with Crippen LogP contribution >= 0.6 is 0 Å². The second kappa shape index (κ2) is 6.47. The second-order valence-electron chi connectivity index (χ2n) is 6.93. The van der Waals surface area contributed by atoms with Crippen LogP contribution in [0, 0.1) is 0 Å². The molecule has 2 atom stereocenters. The minimum atomic E-state index is 0.244. The monoisotopic (exact) mass is 287 g/mol. The Labute approximate surface area is 129 Å². The number of nitrogens with zero attached hydrogens (tertiary/aromatic N) is 2. The van der Waals surface area contributed by atoms with Gasteiger partial charge in [-0.1, -0.05) is 30.3 Å².